The summed E-state index contributed by atoms with van der Waals surface area (Å²) in [4.78, 5) is 16.1. The molecular weight excluding hydrogens is 266 g/mol. The van der Waals surface area contributed by atoms with Crippen LogP contribution in [-0.2, 0) is 0 Å². The van der Waals surface area contributed by atoms with Crippen LogP contribution in [0.5, 0.6) is 0 Å². The van der Waals surface area contributed by atoms with Crippen molar-refractivity contribution in [2.45, 2.75) is 6.92 Å². The number of hydrogen-bond donors (Lipinski definition) is 1. The van der Waals surface area contributed by atoms with Crippen molar-refractivity contribution in [2.75, 3.05) is 5.32 Å². The number of rotatable bonds is 3. The Morgan fingerprint density at radius 3 is 2.86 bits per heavy atom. The van der Waals surface area contributed by atoms with E-state index in [1.54, 1.807) is 24.5 Å². The van der Waals surface area contributed by atoms with Crippen molar-refractivity contribution < 1.29 is 9.32 Å². The highest BCUT2D eigenvalue weighted by Crippen LogP contribution is 2.21. The molecule has 5 heteroatoms. The molecule has 0 radical (unpaired) electrons. The minimum absolute atomic E-state index is 0.229. The van der Waals surface area contributed by atoms with Gasteiger partial charge in [0.05, 0.1) is 0 Å². The standard InChI is InChI=1S/C16H13N3O2/c1-11-4-2-5-12(8-11)16(20)18-15-9-14(19-21-15)13-6-3-7-17-10-13/h2-10H,1H3,(H,18,20). The third kappa shape index (κ3) is 2.97. The molecule has 0 fully saturated rings. The van der Waals surface area contributed by atoms with Crippen LogP contribution in [0.25, 0.3) is 11.3 Å². The Morgan fingerprint density at radius 1 is 1.19 bits per heavy atom. The Kier molecular flexibility index (Phi) is 3.47. The van der Waals surface area contributed by atoms with Crippen LogP contribution in [0.3, 0.4) is 0 Å². The first-order chi connectivity index (χ1) is 10.2. The van der Waals surface area contributed by atoms with Crippen LogP contribution in [0, 0.1) is 6.92 Å². The number of amides is 1. The van der Waals surface area contributed by atoms with Gasteiger partial charge < -0.3 is 4.52 Å². The molecule has 3 rings (SSSR count). The summed E-state index contributed by atoms with van der Waals surface area (Å²) >= 11 is 0. The molecule has 0 saturated heterocycles. The number of hydrogen-bond acceptors (Lipinski definition) is 4. The summed E-state index contributed by atoms with van der Waals surface area (Å²) in [5, 5.41) is 6.61. The quantitative estimate of drug-likeness (QED) is 0.798. The van der Waals surface area contributed by atoms with Crippen LogP contribution in [0.1, 0.15) is 15.9 Å². The van der Waals surface area contributed by atoms with Crippen LogP contribution in [0.2, 0.25) is 0 Å². The van der Waals surface area contributed by atoms with Crippen LogP contribution in [-0.4, -0.2) is 16.0 Å². The number of aromatic nitrogens is 2. The Bertz CT molecular complexity index is 766. The number of nitrogens with zero attached hydrogens (tertiary/aromatic N) is 2. The highest BCUT2D eigenvalue weighted by molar-refractivity contribution is 6.03. The molecule has 0 aliphatic rings. The minimum atomic E-state index is -0.229. The van der Waals surface area contributed by atoms with E-state index in [-0.39, 0.29) is 5.91 Å². The van der Waals surface area contributed by atoms with Gasteiger partial charge in [-0.2, -0.15) is 0 Å². The van der Waals surface area contributed by atoms with E-state index in [2.05, 4.69) is 15.5 Å². The predicted molar refractivity (Wildman–Crippen MR) is 78.9 cm³/mol. The van der Waals surface area contributed by atoms with E-state index in [4.69, 9.17) is 4.52 Å². The van der Waals surface area contributed by atoms with Crippen LogP contribution < -0.4 is 5.32 Å². The lowest BCUT2D eigenvalue weighted by molar-refractivity contribution is 0.102. The van der Waals surface area contributed by atoms with E-state index in [0.717, 1.165) is 11.1 Å². The van der Waals surface area contributed by atoms with Gasteiger partial charge in [-0.1, -0.05) is 22.9 Å². The second kappa shape index (κ2) is 5.58. The second-order valence-corrected chi connectivity index (χ2v) is 4.64. The summed E-state index contributed by atoms with van der Waals surface area (Å²) in [6.07, 6.45) is 3.37. The van der Waals surface area contributed by atoms with Gasteiger partial charge in [0.2, 0.25) is 5.88 Å². The highest BCUT2D eigenvalue weighted by atomic mass is 16.5. The van der Waals surface area contributed by atoms with E-state index >= 15 is 0 Å². The lowest BCUT2D eigenvalue weighted by Crippen LogP contribution is -2.11. The first kappa shape index (κ1) is 13.1. The smallest absolute Gasteiger partial charge is 0.258 e. The zero-order valence-electron chi connectivity index (χ0n) is 11.4. The molecule has 5 nitrogen and oxygen atoms in total. The van der Waals surface area contributed by atoms with Gasteiger partial charge in [0, 0.05) is 29.6 Å². The van der Waals surface area contributed by atoms with Crippen LogP contribution in [0.15, 0.2) is 59.4 Å². The molecule has 2 heterocycles. The van der Waals surface area contributed by atoms with Gasteiger partial charge in [-0.15, -0.1) is 0 Å². The molecule has 104 valence electrons. The molecule has 1 aromatic carbocycles. The number of anilines is 1. The molecule has 2 aromatic heterocycles. The molecule has 21 heavy (non-hydrogen) atoms. The fourth-order valence-corrected chi connectivity index (χ4v) is 1.95. The summed E-state index contributed by atoms with van der Waals surface area (Å²) in [6, 6.07) is 12.7. The van der Waals surface area contributed by atoms with E-state index in [1.165, 1.54) is 0 Å². The monoisotopic (exact) mass is 279 g/mol. The number of nitrogens with one attached hydrogen (secondary N) is 1. The molecule has 0 spiro atoms. The molecule has 1 N–H and O–H groups in total. The topological polar surface area (TPSA) is 68.0 Å². The van der Waals surface area contributed by atoms with Crippen LogP contribution >= 0.6 is 0 Å². The van der Waals surface area contributed by atoms with Gasteiger partial charge in [-0.25, -0.2) is 0 Å². The summed E-state index contributed by atoms with van der Waals surface area (Å²) in [6.45, 7) is 1.94. The molecule has 0 aliphatic heterocycles. The van der Waals surface area contributed by atoms with Crippen molar-refractivity contribution in [1.82, 2.24) is 10.1 Å². The Labute approximate surface area is 121 Å². The normalized spacial score (nSPS) is 10.3. The molecule has 3 aromatic rings. The van der Waals surface area contributed by atoms with Gasteiger partial charge in [0.15, 0.2) is 0 Å². The number of aryl methyl sites for hydroxylation is 1. The maximum absolute atomic E-state index is 12.1. The highest BCUT2D eigenvalue weighted by Gasteiger charge is 2.11. The van der Waals surface area contributed by atoms with Crippen LogP contribution in [0.4, 0.5) is 5.88 Å². The number of carbonyl (C=O) groups excluding carboxylic acids is 1. The minimum Gasteiger partial charge on any atom is -0.338 e. The first-order valence-corrected chi connectivity index (χ1v) is 6.47. The third-order valence-corrected chi connectivity index (χ3v) is 2.98. The van der Waals surface area contributed by atoms with E-state index in [9.17, 15) is 4.79 Å². The molecule has 0 aliphatic carbocycles. The Morgan fingerprint density at radius 2 is 2.10 bits per heavy atom. The van der Waals surface area contributed by atoms with E-state index in [1.807, 2.05) is 37.3 Å². The van der Waals surface area contributed by atoms with Crippen molar-refractivity contribution in [1.29, 1.82) is 0 Å². The molecule has 0 bridgehead atoms. The van der Waals surface area contributed by atoms with E-state index in [0.29, 0.717) is 17.1 Å². The van der Waals surface area contributed by atoms with Crippen molar-refractivity contribution in [3.05, 3.63) is 66.0 Å². The first-order valence-electron chi connectivity index (χ1n) is 6.47. The summed E-state index contributed by atoms with van der Waals surface area (Å²) in [7, 11) is 0. The lowest BCUT2D eigenvalue weighted by Gasteiger charge is -2.01. The number of pyridine rings is 1. The van der Waals surface area contributed by atoms with Gasteiger partial charge in [0.25, 0.3) is 5.91 Å². The second-order valence-electron chi connectivity index (χ2n) is 4.64. The Hall–Kier alpha value is -2.95. The largest absolute Gasteiger partial charge is 0.338 e. The van der Waals surface area contributed by atoms with Crippen molar-refractivity contribution in [2.24, 2.45) is 0 Å². The van der Waals surface area contributed by atoms with Crippen molar-refractivity contribution in [3.8, 4) is 11.3 Å². The Balaban J connectivity index is 1.77. The maximum Gasteiger partial charge on any atom is 0.258 e. The molecule has 0 unspecified atom stereocenters. The van der Waals surface area contributed by atoms with Crippen molar-refractivity contribution in [3.63, 3.8) is 0 Å². The molecule has 0 saturated carbocycles. The summed E-state index contributed by atoms with van der Waals surface area (Å²) in [5.74, 6) is 0.0768. The zero-order chi connectivity index (χ0) is 14.7. The third-order valence-electron chi connectivity index (χ3n) is 2.98. The van der Waals surface area contributed by atoms with Gasteiger partial charge >= 0.3 is 0 Å². The zero-order valence-corrected chi connectivity index (χ0v) is 11.4. The average Bonchev–Trinajstić information content (AvgIpc) is 2.97. The molecule has 0 atom stereocenters. The van der Waals surface area contributed by atoms with Gasteiger partial charge in [-0.05, 0) is 31.2 Å². The number of benzene rings is 1. The SMILES string of the molecule is Cc1cccc(C(=O)Nc2cc(-c3cccnc3)no2)c1. The fourth-order valence-electron chi connectivity index (χ4n) is 1.95. The van der Waals surface area contributed by atoms with E-state index < -0.39 is 0 Å². The molecular formula is C16H13N3O2. The summed E-state index contributed by atoms with van der Waals surface area (Å²) in [5.41, 5.74) is 3.06. The lowest BCUT2D eigenvalue weighted by atomic mass is 10.1. The van der Waals surface area contributed by atoms with Gasteiger partial charge in [0.1, 0.15) is 5.69 Å². The summed E-state index contributed by atoms with van der Waals surface area (Å²) < 4.78 is 5.13. The number of carbonyl (C=O) groups is 1. The van der Waals surface area contributed by atoms with Gasteiger partial charge in [-0.3, -0.25) is 15.1 Å². The maximum atomic E-state index is 12.1. The average molecular weight is 279 g/mol. The predicted octanol–water partition coefficient (Wildman–Crippen LogP) is 3.30. The fraction of sp³-hybridized carbons (Fsp3) is 0.0625. The van der Waals surface area contributed by atoms with Crippen molar-refractivity contribution >= 4 is 11.8 Å². The molecule has 1 amide bonds.